The highest BCUT2D eigenvalue weighted by atomic mass is 32.1. The van der Waals surface area contributed by atoms with Crippen LogP contribution in [0.3, 0.4) is 0 Å². The molecule has 0 fully saturated rings. The first-order valence-electron chi connectivity index (χ1n) is 4.68. The summed E-state index contributed by atoms with van der Waals surface area (Å²) in [6.45, 7) is 1.62. The monoisotopic (exact) mass is 257 g/mol. The smallest absolute Gasteiger partial charge is 0.355 e. The molecule has 0 aliphatic carbocycles. The number of hydrogen-bond acceptors (Lipinski definition) is 5. The Morgan fingerprint density at radius 1 is 1.59 bits per heavy atom. The molecule has 0 saturated heterocycles. The number of carboxylic acids is 1. The second kappa shape index (κ2) is 5.39. The highest BCUT2D eigenvalue weighted by Crippen LogP contribution is 2.10. The summed E-state index contributed by atoms with van der Waals surface area (Å²) in [5, 5.41) is 12.4. The second-order valence-electron chi connectivity index (χ2n) is 3.39. The Hall–Kier alpha value is -1.96. The minimum Gasteiger partial charge on any atom is -0.476 e. The van der Waals surface area contributed by atoms with Crippen molar-refractivity contribution in [3.63, 3.8) is 0 Å². The van der Waals surface area contributed by atoms with Gasteiger partial charge in [-0.15, -0.1) is 11.3 Å². The molecule has 0 bridgehead atoms. The van der Waals surface area contributed by atoms with Crippen molar-refractivity contribution in [1.29, 1.82) is 0 Å². The minimum atomic E-state index is -1.19. The molecule has 0 aliphatic heterocycles. The van der Waals surface area contributed by atoms with E-state index in [1.165, 1.54) is 5.38 Å². The van der Waals surface area contributed by atoms with Crippen molar-refractivity contribution in [2.45, 2.75) is 19.4 Å². The van der Waals surface area contributed by atoms with Gasteiger partial charge in [-0.3, -0.25) is 9.59 Å². The first-order chi connectivity index (χ1) is 7.90. The van der Waals surface area contributed by atoms with Crippen LogP contribution >= 0.6 is 11.3 Å². The molecule has 8 heteroatoms. The Morgan fingerprint density at radius 3 is 2.71 bits per heavy atom. The van der Waals surface area contributed by atoms with E-state index in [0.717, 1.165) is 11.3 Å². The van der Waals surface area contributed by atoms with Gasteiger partial charge in [0.05, 0.1) is 0 Å². The molecule has 1 atom stereocenters. The Labute approximate surface area is 101 Å². The molecular formula is C9H11N3O4S. The average molecular weight is 257 g/mol. The van der Waals surface area contributed by atoms with Crippen molar-refractivity contribution in [3.8, 4) is 0 Å². The lowest BCUT2D eigenvalue weighted by Crippen LogP contribution is -2.35. The predicted octanol–water partition coefficient (Wildman–Crippen LogP) is -0.165. The van der Waals surface area contributed by atoms with Crippen molar-refractivity contribution in [3.05, 3.63) is 16.1 Å². The van der Waals surface area contributed by atoms with Crippen LogP contribution in [0.25, 0.3) is 0 Å². The van der Waals surface area contributed by atoms with Crippen LogP contribution in [0.5, 0.6) is 0 Å². The van der Waals surface area contributed by atoms with Gasteiger partial charge in [0, 0.05) is 17.8 Å². The molecule has 1 aromatic heterocycles. The van der Waals surface area contributed by atoms with Crippen LogP contribution in [0.15, 0.2) is 5.38 Å². The molecule has 1 rings (SSSR count). The van der Waals surface area contributed by atoms with Gasteiger partial charge in [0.25, 0.3) is 5.91 Å². The van der Waals surface area contributed by atoms with Gasteiger partial charge in [0.1, 0.15) is 0 Å². The number of carbonyl (C=O) groups is 3. The second-order valence-corrected chi connectivity index (χ2v) is 4.25. The zero-order valence-corrected chi connectivity index (χ0v) is 9.78. The molecule has 7 nitrogen and oxygen atoms in total. The Bertz CT molecular complexity index is 457. The van der Waals surface area contributed by atoms with E-state index in [4.69, 9.17) is 10.8 Å². The van der Waals surface area contributed by atoms with Crippen molar-refractivity contribution in [2.75, 3.05) is 0 Å². The van der Waals surface area contributed by atoms with Crippen molar-refractivity contribution in [2.24, 2.45) is 5.73 Å². The zero-order chi connectivity index (χ0) is 13.0. The SMILES string of the molecule is CC(CC(N)=O)NC(=O)c1nc(C(=O)O)cs1. The summed E-state index contributed by atoms with van der Waals surface area (Å²) in [4.78, 5) is 36.4. The summed E-state index contributed by atoms with van der Waals surface area (Å²) >= 11 is 0.927. The number of aromatic carboxylic acids is 1. The first kappa shape index (κ1) is 13.1. The molecule has 0 aliphatic rings. The summed E-state index contributed by atoms with van der Waals surface area (Å²) in [6, 6.07) is -0.419. The fourth-order valence-electron chi connectivity index (χ4n) is 1.11. The van der Waals surface area contributed by atoms with E-state index in [2.05, 4.69) is 10.3 Å². The summed E-state index contributed by atoms with van der Waals surface area (Å²) in [5.41, 5.74) is 4.79. The normalized spacial score (nSPS) is 11.8. The highest BCUT2D eigenvalue weighted by molar-refractivity contribution is 7.11. The average Bonchev–Trinajstić information content (AvgIpc) is 2.64. The zero-order valence-electron chi connectivity index (χ0n) is 8.97. The number of nitrogens with zero attached hydrogens (tertiary/aromatic N) is 1. The van der Waals surface area contributed by atoms with Gasteiger partial charge in [-0.2, -0.15) is 0 Å². The summed E-state index contributed by atoms with van der Waals surface area (Å²) in [5.74, 6) is -2.23. The molecule has 0 saturated carbocycles. The van der Waals surface area contributed by atoms with Crippen molar-refractivity contribution < 1.29 is 19.5 Å². The number of amides is 2. The maximum Gasteiger partial charge on any atom is 0.355 e. The van der Waals surface area contributed by atoms with E-state index in [0.29, 0.717) is 0 Å². The van der Waals surface area contributed by atoms with Crippen LogP contribution in [0.1, 0.15) is 33.6 Å². The van der Waals surface area contributed by atoms with Crippen LogP contribution in [-0.4, -0.2) is 33.9 Å². The van der Waals surface area contributed by atoms with Gasteiger partial charge >= 0.3 is 5.97 Å². The van der Waals surface area contributed by atoms with Crippen LogP contribution in [0.4, 0.5) is 0 Å². The molecular weight excluding hydrogens is 246 g/mol. The van der Waals surface area contributed by atoms with E-state index in [-0.39, 0.29) is 17.1 Å². The number of carboxylic acid groups (broad SMARTS) is 1. The van der Waals surface area contributed by atoms with Gasteiger partial charge in [0.15, 0.2) is 10.7 Å². The van der Waals surface area contributed by atoms with Crippen LogP contribution in [0, 0.1) is 0 Å². The number of primary amides is 1. The van der Waals surface area contributed by atoms with Gasteiger partial charge < -0.3 is 16.2 Å². The van der Waals surface area contributed by atoms with Gasteiger partial charge in [-0.05, 0) is 6.92 Å². The van der Waals surface area contributed by atoms with E-state index in [1.54, 1.807) is 6.92 Å². The number of nitrogens with two attached hydrogens (primary N) is 1. The number of nitrogens with one attached hydrogen (secondary N) is 1. The van der Waals surface area contributed by atoms with Crippen LogP contribution in [-0.2, 0) is 4.79 Å². The first-order valence-corrected chi connectivity index (χ1v) is 5.56. The molecule has 0 aromatic carbocycles. The molecule has 17 heavy (non-hydrogen) atoms. The van der Waals surface area contributed by atoms with E-state index >= 15 is 0 Å². The summed E-state index contributed by atoms with van der Waals surface area (Å²) < 4.78 is 0. The maximum atomic E-state index is 11.6. The molecule has 0 spiro atoms. The largest absolute Gasteiger partial charge is 0.476 e. The Morgan fingerprint density at radius 2 is 2.24 bits per heavy atom. The van der Waals surface area contributed by atoms with E-state index in [9.17, 15) is 14.4 Å². The maximum absolute atomic E-state index is 11.6. The van der Waals surface area contributed by atoms with Gasteiger partial charge in [0.2, 0.25) is 5.91 Å². The molecule has 1 heterocycles. The summed E-state index contributed by atoms with van der Waals surface area (Å²) in [7, 11) is 0. The van der Waals surface area contributed by atoms with Crippen LogP contribution < -0.4 is 11.1 Å². The Balaban J connectivity index is 2.63. The molecule has 4 N–H and O–H groups in total. The molecule has 0 radical (unpaired) electrons. The number of carbonyl (C=O) groups excluding carboxylic acids is 2. The fraction of sp³-hybridized carbons (Fsp3) is 0.333. The third kappa shape index (κ3) is 3.83. The van der Waals surface area contributed by atoms with E-state index < -0.39 is 23.8 Å². The fourth-order valence-corrected chi connectivity index (χ4v) is 1.81. The lowest BCUT2D eigenvalue weighted by molar-refractivity contribution is -0.118. The standard InChI is InChI=1S/C9H11N3O4S/c1-4(2-6(10)13)11-7(14)8-12-5(3-17-8)9(15)16/h3-4H,2H2,1H3,(H2,10,13)(H,11,14)(H,15,16). The molecule has 2 amide bonds. The van der Waals surface area contributed by atoms with Gasteiger partial charge in [-0.1, -0.05) is 0 Å². The molecule has 1 unspecified atom stereocenters. The number of thiazole rings is 1. The number of aromatic nitrogens is 1. The quantitative estimate of drug-likeness (QED) is 0.676. The topological polar surface area (TPSA) is 122 Å². The number of hydrogen-bond donors (Lipinski definition) is 3. The summed E-state index contributed by atoms with van der Waals surface area (Å²) in [6.07, 6.45) is 0.0168. The van der Waals surface area contributed by atoms with Crippen molar-refractivity contribution >= 4 is 29.1 Å². The lowest BCUT2D eigenvalue weighted by atomic mass is 10.2. The third-order valence-corrected chi connectivity index (χ3v) is 2.64. The Kier molecular flexibility index (Phi) is 4.16. The number of rotatable bonds is 5. The minimum absolute atomic E-state index is 0.0168. The third-order valence-electron chi connectivity index (χ3n) is 1.80. The molecule has 1 aromatic rings. The van der Waals surface area contributed by atoms with Crippen LogP contribution in [0.2, 0.25) is 0 Å². The van der Waals surface area contributed by atoms with Gasteiger partial charge in [-0.25, -0.2) is 9.78 Å². The highest BCUT2D eigenvalue weighted by Gasteiger charge is 2.17. The predicted molar refractivity (Wildman–Crippen MR) is 59.8 cm³/mol. The van der Waals surface area contributed by atoms with E-state index in [1.807, 2.05) is 0 Å². The lowest BCUT2D eigenvalue weighted by Gasteiger charge is -2.09. The molecule has 92 valence electrons. The van der Waals surface area contributed by atoms with Crippen molar-refractivity contribution in [1.82, 2.24) is 10.3 Å².